The van der Waals surface area contributed by atoms with Crippen molar-refractivity contribution in [1.29, 1.82) is 0 Å². The highest BCUT2D eigenvalue weighted by Gasteiger charge is 2.42. The first-order valence-electron chi connectivity index (χ1n) is 6.42. The minimum absolute atomic E-state index is 0.0842. The maximum absolute atomic E-state index is 12.7. The molecule has 0 radical (unpaired) electrons. The van der Waals surface area contributed by atoms with Crippen LogP contribution in [0.2, 0.25) is 0 Å². The number of sulfonamides is 1. The topological polar surface area (TPSA) is 37.4 Å². The molecule has 2 bridgehead atoms. The molecule has 0 spiro atoms. The molecule has 0 amide bonds. The number of rotatable bonds is 3. The van der Waals surface area contributed by atoms with Gasteiger partial charge < -0.3 is 0 Å². The fraction of sp³-hybridized carbons (Fsp3) is 0.538. The Bertz CT molecular complexity index is 574. The highest BCUT2D eigenvalue weighted by molar-refractivity contribution is 7.91. The maximum atomic E-state index is 12.7. The van der Waals surface area contributed by atoms with Crippen LogP contribution in [0.1, 0.15) is 31.1 Å². The number of aryl methyl sites for hydroxylation is 1. The van der Waals surface area contributed by atoms with Gasteiger partial charge in [-0.15, -0.1) is 11.3 Å². The molecule has 0 N–H and O–H groups in total. The molecule has 0 aliphatic carbocycles. The third-order valence-corrected chi connectivity index (χ3v) is 7.44. The van der Waals surface area contributed by atoms with Gasteiger partial charge in [-0.1, -0.05) is 19.1 Å². The van der Waals surface area contributed by atoms with Crippen molar-refractivity contribution in [2.75, 3.05) is 0 Å². The Morgan fingerprint density at radius 2 is 2.22 bits per heavy atom. The molecule has 1 aromatic heterocycles. The van der Waals surface area contributed by atoms with Gasteiger partial charge in [0.15, 0.2) is 0 Å². The van der Waals surface area contributed by atoms with Crippen LogP contribution in [0, 0.1) is 0 Å². The molecule has 18 heavy (non-hydrogen) atoms. The summed E-state index contributed by atoms with van der Waals surface area (Å²) in [5.41, 5.74) is 0. The first-order valence-corrected chi connectivity index (χ1v) is 8.67. The number of hydrogen-bond donors (Lipinski definition) is 0. The van der Waals surface area contributed by atoms with Crippen LogP contribution in [0.3, 0.4) is 0 Å². The van der Waals surface area contributed by atoms with E-state index in [1.165, 1.54) is 11.3 Å². The molecule has 5 heteroatoms. The number of hydrogen-bond acceptors (Lipinski definition) is 3. The molecule has 3 nitrogen and oxygen atoms in total. The van der Waals surface area contributed by atoms with Crippen molar-refractivity contribution in [2.45, 2.75) is 48.9 Å². The van der Waals surface area contributed by atoms with Crippen LogP contribution >= 0.6 is 11.3 Å². The summed E-state index contributed by atoms with van der Waals surface area (Å²) in [6, 6.07) is 3.95. The zero-order valence-corrected chi connectivity index (χ0v) is 12.0. The van der Waals surface area contributed by atoms with E-state index in [0.29, 0.717) is 4.21 Å². The minimum Gasteiger partial charge on any atom is -0.206 e. The molecule has 1 aromatic rings. The van der Waals surface area contributed by atoms with Crippen LogP contribution < -0.4 is 0 Å². The van der Waals surface area contributed by atoms with E-state index in [4.69, 9.17) is 0 Å². The van der Waals surface area contributed by atoms with Crippen LogP contribution in [-0.4, -0.2) is 24.8 Å². The lowest BCUT2D eigenvalue weighted by Crippen LogP contribution is -2.41. The summed E-state index contributed by atoms with van der Waals surface area (Å²) in [7, 11) is -3.29. The van der Waals surface area contributed by atoms with E-state index in [1.54, 1.807) is 10.4 Å². The fourth-order valence-electron chi connectivity index (χ4n) is 2.85. The van der Waals surface area contributed by atoms with Gasteiger partial charge in [0.25, 0.3) is 10.0 Å². The summed E-state index contributed by atoms with van der Waals surface area (Å²) in [5.74, 6) is 0. The highest BCUT2D eigenvalue weighted by atomic mass is 32.2. The summed E-state index contributed by atoms with van der Waals surface area (Å²) in [5, 5.41) is 0. The van der Waals surface area contributed by atoms with Gasteiger partial charge in [0, 0.05) is 17.0 Å². The van der Waals surface area contributed by atoms with Crippen molar-refractivity contribution in [3.05, 3.63) is 29.2 Å². The second-order valence-electron chi connectivity index (χ2n) is 4.87. The SMILES string of the molecule is CCc1ccc(S(=O)(=O)N2C3C=CCC2CC3)s1. The Balaban J connectivity index is 1.98. The van der Waals surface area contributed by atoms with E-state index in [-0.39, 0.29) is 12.1 Å². The Morgan fingerprint density at radius 3 is 2.89 bits per heavy atom. The van der Waals surface area contributed by atoms with Crippen LogP contribution in [-0.2, 0) is 16.4 Å². The molecule has 2 atom stereocenters. The highest BCUT2D eigenvalue weighted by Crippen LogP contribution is 2.38. The fourth-order valence-corrected chi connectivity index (χ4v) is 6.09. The van der Waals surface area contributed by atoms with Crippen molar-refractivity contribution in [1.82, 2.24) is 4.31 Å². The molecule has 2 unspecified atom stereocenters. The van der Waals surface area contributed by atoms with Crippen molar-refractivity contribution >= 4 is 21.4 Å². The van der Waals surface area contributed by atoms with Gasteiger partial charge in [0.1, 0.15) is 4.21 Å². The van der Waals surface area contributed by atoms with E-state index in [0.717, 1.165) is 30.6 Å². The van der Waals surface area contributed by atoms with Crippen molar-refractivity contribution in [3.63, 3.8) is 0 Å². The van der Waals surface area contributed by atoms with E-state index < -0.39 is 10.0 Å². The summed E-state index contributed by atoms with van der Waals surface area (Å²) < 4.78 is 27.6. The summed E-state index contributed by atoms with van der Waals surface area (Å²) >= 11 is 1.41. The third kappa shape index (κ3) is 1.85. The van der Waals surface area contributed by atoms with E-state index in [2.05, 4.69) is 19.1 Å². The number of fused-ring (bicyclic) bond motifs is 2. The average Bonchev–Trinajstić information content (AvgIpc) is 2.93. The van der Waals surface area contributed by atoms with E-state index in [1.807, 2.05) is 6.07 Å². The first kappa shape index (κ1) is 12.4. The van der Waals surface area contributed by atoms with Crippen LogP contribution in [0.15, 0.2) is 28.5 Å². The molecule has 0 saturated carbocycles. The molecule has 0 aromatic carbocycles. The predicted molar refractivity (Wildman–Crippen MR) is 73.3 cm³/mol. The molecular formula is C13H17NO2S2. The molecular weight excluding hydrogens is 266 g/mol. The zero-order chi connectivity index (χ0) is 12.8. The summed E-state index contributed by atoms with van der Waals surface area (Å²) in [6.07, 6.45) is 7.89. The second-order valence-corrected chi connectivity index (χ2v) is 8.11. The smallest absolute Gasteiger partial charge is 0.206 e. The molecule has 2 aliphatic rings. The lowest BCUT2D eigenvalue weighted by molar-refractivity contribution is 0.342. The van der Waals surface area contributed by atoms with Gasteiger partial charge in [-0.3, -0.25) is 0 Å². The largest absolute Gasteiger partial charge is 0.253 e. The molecule has 1 fully saturated rings. The molecule has 98 valence electrons. The van der Waals surface area contributed by atoms with Crippen molar-refractivity contribution < 1.29 is 8.42 Å². The maximum Gasteiger partial charge on any atom is 0.253 e. The first-order chi connectivity index (χ1) is 8.63. The Morgan fingerprint density at radius 1 is 1.39 bits per heavy atom. The Hall–Kier alpha value is -0.650. The van der Waals surface area contributed by atoms with E-state index >= 15 is 0 Å². The quantitative estimate of drug-likeness (QED) is 0.800. The lowest BCUT2D eigenvalue weighted by Gasteiger charge is -2.29. The number of thiophene rings is 1. The third-order valence-electron chi connectivity index (χ3n) is 3.77. The summed E-state index contributed by atoms with van der Waals surface area (Å²) in [4.78, 5) is 1.13. The normalized spacial score (nSPS) is 27.8. The molecule has 1 saturated heterocycles. The van der Waals surface area contributed by atoms with Gasteiger partial charge in [-0.05, 0) is 37.8 Å². The number of nitrogens with zero attached hydrogens (tertiary/aromatic N) is 1. The van der Waals surface area contributed by atoms with E-state index in [9.17, 15) is 8.42 Å². The van der Waals surface area contributed by atoms with Gasteiger partial charge in [0.05, 0.1) is 0 Å². The predicted octanol–water partition coefficient (Wildman–Crippen LogP) is 2.79. The molecule has 2 aliphatic heterocycles. The standard InChI is InChI=1S/C13H17NO2S2/c1-2-12-8-9-13(17-12)18(15,16)14-10-4-3-5-11(14)7-6-10/h3-4,8-11H,2,5-7H2,1H3. The van der Waals surface area contributed by atoms with Crippen molar-refractivity contribution in [2.24, 2.45) is 0 Å². The second kappa shape index (κ2) is 4.47. The van der Waals surface area contributed by atoms with Crippen LogP contribution in [0.5, 0.6) is 0 Å². The summed E-state index contributed by atoms with van der Waals surface area (Å²) in [6.45, 7) is 2.05. The Labute approximate surface area is 112 Å². The molecule has 3 heterocycles. The van der Waals surface area contributed by atoms with Gasteiger partial charge >= 0.3 is 0 Å². The van der Waals surface area contributed by atoms with Crippen LogP contribution in [0.4, 0.5) is 0 Å². The van der Waals surface area contributed by atoms with Gasteiger partial charge in [-0.2, -0.15) is 4.31 Å². The Kier molecular flexibility index (Phi) is 3.08. The van der Waals surface area contributed by atoms with Gasteiger partial charge in [-0.25, -0.2) is 8.42 Å². The molecule has 3 rings (SSSR count). The average molecular weight is 283 g/mol. The zero-order valence-electron chi connectivity index (χ0n) is 10.4. The van der Waals surface area contributed by atoms with Crippen molar-refractivity contribution in [3.8, 4) is 0 Å². The lowest BCUT2D eigenvalue weighted by atomic mass is 10.2. The monoisotopic (exact) mass is 283 g/mol. The van der Waals surface area contributed by atoms with Gasteiger partial charge in [0.2, 0.25) is 0 Å². The van der Waals surface area contributed by atoms with Crippen LogP contribution in [0.25, 0.3) is 0 Å². The minimum atomic E-state index is -3.29.